The van der Waals surface area contributed by atoms with Crippen molar-refractivity contribution in [2.75, 3.05) is 13.2 Å². The van der Waals surface area contributed by atoms with Crippen molar-refractivity contribution in [2.45, 2.75) is 25.0 Å². The van der Waals surface area contributed by atoms with E-state index in [0.29, 0.717) is 6.42 Å². The Kier molecular flexibility index (Phi) is 3.66. The van der Waals surface area contributed by atoms with Crippen LogP contribution in [0, 0.1) is 17.6 Å². The lowest BCUT2D eigenvalue weighted by molar-refractivity contribution is 0.0693. The van der Waals surface area contributed by atoms with E-state index in [1.165, 1.54) is 12.1 Å². The molecule has 18 heavy (non-hydrogen) atoms. The maximum absolute atomic E-state index is 13.8. The van der Waals surface area contributed by atoms with Crippen LogP contribution in [-0.2, 0) is 10.3 Å². The van der Waals surface area contributed by atoms with Gasteiger partial charge in [-0.3, -0.25) is 0 Å². The normalized spacial score (nSPS) is 31.8. The molecule has 2 rings (SSSR count). The molecule has 100 valence electrons. The predicted octanol–water partition coefficient (Wildman–Crippen LogP) is 1.54. The molecule has 1 fully saturated rings. The van der Waals surface area contributed by atoms with Gasteiger partial charge in [0.15, 0.2) is 11.6 Å². The van der Waals surface area contributed by atoms with Gasteiger partial charge < -0.3 is 15.6 Å². The third kappa shape index (κ3) is 1.92. The van der Waals surface area contributed by atoms with Gasteiger partial charge >= 0.3 is 0 Å². The average Bonchev–Trinajstić information content (AvgIpc) is 2.70. The summed E-state index contributed by atoms with van der Waals surface area (Å²) in [5.41, 5.74) is 5.07. The first-order chi connectivity index (χ1) is 8.54. The molecule has 3 N–H and O–H groups in total. The lowest BCUT2D eigenvalue weighted by Gasteiger charge is -2.31. The van der Waals surface area contributed by atoms with Crippen molar-refractivity contribution >= 4 is 0 Å². The van der Waals surface area contributed by atoms with Crippen LogP contribution in [0.25, 0.3) is 0 Å². The summed E-state index contributed by atoms with van der Waals surface area (Å²) in [5, 5.41) is 9.45. The lowest BCUT2D eigenvalue weighted by atomic mass is 9.78. The second kappa shape index (κ2) is 4.91. The number of nitrogens with two attached hydrogens (primary N) is 1. The number of hydrogen-bond donors (Lipinski definition) is 2. The van der Waals surface area contributed by atoms with Crippen molar-refractivity contribution in [1.29, 1.82) is 0 Å². The fraction of sp³-hybridized carbons (Fsp3) is 0.538. The molecule has 1 unspecified atom stereocenters. The summed E-state index contributed by atoms with van der Waals surface area (Å²) in [6.07, 6.45) is 0.434. The second-order valence-electron chi connectivity index (χ2n) is 4.69. The molecular weight excluding hydrogens is 240 g/mol. The zero-order valence-corrected chi connectivity index (χ0v) is 10.2. The van der Waals surface area contributed by atoms with Gasteiger partial charge in [-0.05, 0) is 12.5 Å². The van der Waals surface area contributed by atoms with E-state index in [-0.39, 0.29) is 24.9 Å². The summed E-state index contributed by atoms with van der Waals surface area (Å²) in [7, 11) is 0. The van der Waals surface area contributed by atoms with Crippen LogP contribution in [0.1, 0.15) is 18.9 Å². The van der Waals surface area contributed by atoms with Crippen molar-refractivity contribution in [1.82, 2.24) is 0 Å². The highest BCUT2D eigenvalue weighted by molar-refractivity contribution is 5.29. The fourth-order valence-electron chi connectivity index (χ4n) is 2.62. The molecule has 0 spiro atoms. The predicted molar refractivity (Wildman–Crippen MR) is 62.8 cm³/mol. The van der Waals surface area contributed by atoms with E-state index in [1.54, 1.807) is 0 Å². The van der Waals surface area contributed by atoms with Crippen LogP contribution in [-0.4, -0.2) is 24.4 Å². The lowest BCUT2D eigenvalue weighted by Crippen LogP contribution is -2.47. The van der Waals surface area contributed by atoms with Crippen molar-refractivity contribution in [3.05, 3.63) is 35.4 Å². The molecule has 0 saturated carbocycles. The molecule has 0 aliphatic carbocycles. The van der Waals surface area contributed by atoms with Gasteiger partial charge in [0.05, 0.1) is 24.9 Å². The third-order valence-electron chi connectivity index (χ3n) is 3.70. The summed E-state index contributed by atoms with van der Waals surface area (Å²) in [5.74, 6) is -2.33. The molecule has 0 radical (unpaired) electrons. The molecule has 0 aromatic heterocycles. The molecular formula is C13H17F2NO2. The Balaban J connectivity index is 2.45. The summed E-state index contributed by atoms with van der Waals surface area (Å²) < 4.78 is 32.6. The first kappa shape index (κ1) is 13.4. The minimum atomic E-state index is -1.18. The van der Waals surface area contributed by atoms with Crippen molar-refractivity contribution in [3.63, 3.8) is 0 Å². The molecule has 5 heteroatoms. The van der Waals surface area contributed by atoms with Gasteiger partial charge in [-0.2, -0.15) is 0 Å². The van der Waals surface area contributed by atoms with Crippen molar-refractivity contribution in [2.24, 2.45) is 11.7 Å². The minimum absolute atomic E-state index is 0.0671. The number of hydrogen-bond acceptors (Lipinski definition) is 3. The Hall–Kier alpha value is -1.04. The van der Waals surface area contributed by atoms with Crippen LogP contribution < -0.4 is 5.73 Å². The molecule has 0 amide bonds. The van der Waals surface area contributed by atoms with Crippen LogP contribution in [0.4, 0.5) is 8.78 Å². The molecule has 0 bridgehead atoms. The molecule has 3 nitrogen and oxygen atoms in total. The van der Waals surface area contributed by atoms with Gasteiger partial charge in [0, 0.05) is 11.5 Å². The quantitative estimate of drug-likeness (QED) is 0.863. The maximum Gasteiger partial charge on any atom is 0.163 e. The summed E-state index contributed by atoms with van der Waals surface area (Å²) in [6.45, 7) is 1.77. The van der Waals surface area contributed by atoms with Gasteiger partial charge in [-0.1, -0.05) is 19.1 Å². The second-order valence-corrected chi connectivity index (χ2v) is 4.69. The van der Waals surface area contributed by atoms with Gasteiger partial charge in [0.2, 0.25) is 0 Å². The topological polar surface area (TPSA) is 55.5 Å². The Labute approximate surface area is 105 Å². The van der Waals surface area contributed by atoms with Crippen molar-refractivity contribution in [3.8, 4) is 0 Å². The molecule has 1 aromatic carbocycles. The van der Waals surface area contributed by atoms with Crippen LogP contribution >= 0.6 is 0 Å². The standard InChI is InChI=1S/C13H17F2NO2/c1-2-11-9(6-17)13(16,7-18-11)8-4-3-5-10(14)12(8)15/h3-5,9,11,17H,2,6-7,16H2,1H3/t9-,11-,13?/m1/s1. The number of benzene rings is 1. The van der Waals surface area contributed by atoms with Crippen LogP contribution in [0.2, 0.25) is 0 Å². The first-order valence-electron chi connectivity index (χ1n) is 6.00. The highest BCUT2D eigenvalue weighted by atomic mass is 19.2. The summed E-state index contributed by atoms with van der Waals surface area (Å²) in [4.78, 5) is 0. The monoisotopic (exact) mass is 257 g/mol. The fourth-order valence-corrected chi connectivity index (χ4v) is 2.62. The van der Waals surface area contributed by atoms with Crippen LogP contribution in [0.15, 0.2) is 18.2 Å². The molecule has 1 aliphatic heterocycles. The zero-order chi connectivity index (χ0) is 13.3. The number of aliphatic hydroxyl groups excluding tert-OH is 1. The highest BCUT2D eigenvalue weighted by Gasteiger charge is 2.48. The van der Waals surface area contributed by atoms with E-state index < -0.39 is 23.1 Å². The number of ether oxygens (including phenoxy) is 1. The van der Waals surface area contributed by atoms with E-state index in [0.717, 1.165) is 6.07 Å². The van der Waals surface area contributed by atoms with Crippen molar-refractivity contribution < 1.29 is 18.6 Å². The van der Waals surface area contributed by atoms with E-state index in [2.05, 4.69) is 0 Å². The molecule has 1 saturated heterocycles. The Morgan fingerprint density at radius 3 is 2.83 bits per heavy atom. The van der Waals surface area contributed by atoms with Gasteiger partial charge in [0.1, 0.15) is 0 Å². The third-order valence-corrected chi connectivity index (χ3v) is 3.70. The van der Waals surface area contributed by atoms with Gasteiger partial charge in [-0.15, -0.1) is 0 Å². The summed E-state index contributed by atoms with van der Waals surface area (Å²) in [6, 6.07) is 3.90. The summed E-state index contributed by atoms with van der Waals surface area (Å²) >= 11 is 0. The van der Waals surface area contributed by atoms with Gasteiger partial charge in [0.25, 0.3) is 0 Å². The van der Waals surface area contributed by atoms with E-state index in [9.17, 15) is 13.9 Å². The van der Waals surface area contributed by atoms with E-state index in [4.69, 9.17) is 10.5 Å². The molecule has 1 heterocycles. The first-order valence-corrected chi connectivity index (χ1v) is 6.00. The smallest absolute Gasteiger partial charge is 0.163 e. The highest BCUT2D eigenvalue weighted by Crippen LogP contribution is 2.39. The number of halogens is 2. The largest absolute Gasteiger partial charge is 0.396 e. The SMILES string of the molecule is CC[C@H]1OCC(N)(c2cccc(F)c2F)[C@@H]1CO. The molecule has 3 atom stereocenters. The van der Waals surface area contributed by atoms with E-state index >= 15 is 0 Å². The maximum atomic E-state index is 13.8. The number of rotatable bonds is 3. The van der Waals surface area contributed by atoms with Crippen LogP contribution in [0.3, 0.4) is 0 Å². The Bertz CT molecular complexity index is 441. The molecule has 1 aromatic rings. The minimum Gasteiger partial charge on any atom is -0.396 e. The average molecular weight is 257 g/mol. The molecule has 1 aliphatic rings. The Morgan fingerprint density at radius 1 is 1.50 bits per heavy atom. The number of aliphatic hydroxyl groups is 1. The van der Waals surface area contributed by atoms with Gasteiger partial charge in [-0.25, -0.2) is 8.78 Å². The van der Waals surface area contributed by atoms with Crippen LogP contribution in [0.5, 0.6) is 0 Å². The zero-order valence-electron chi connectivity index (χ0n) is 10.2. The van der Waals surface area contributed by atoms with E-state index in [1.807, 2.05) is 6.92 Å². The Morgan fingerprint density at radius 2 is 2.22 bits per heavy atom.